The minimum Gasteiger partial charge on any atom is -0.394 e. The first kappa shape index (κ1) is 17.7. The second-order valence-corrected chi connectivity index (χ2v) is 6.26. The molecule has 0 aliphatic carbocycles. The number of nitrogens with one attached hydrogen (secondary N) is 1. The number of benzene rings is 1. The Balaban J connectivity index is 1.59. The van der Waals surface area contributed by atoms with Gasteiger partial charge in [-0.2, -0.15) is 0 Å². The summed E-state index contributed by atoms with van der Waals surface area (Å²) in [4.78, 5) is 12.6. The van der Waals surface area contributed by atoms with Crippen LogP contribution in [0.25, 0.3) is 11.2 Å². The molecule has 0 bridgehead atoms. The highest BCUT2D eigenvalue weighted by molar-refractivity contribution is 5.82. The molecule has 4 rings (SSSR count). The van der Waals surface area contributed by atoms with Crippen LogP contribution in [0.4, 0.5) is 10.2 Å². The summed E-state index contributed by atoms with van der Waals surface area (Å²) in [6.07, 6.45) is -1.49. The van der Waals surface area contributed by atoms with Gasteiger partial charge in [0, 0.05) is 6.54 Å². The Morgan fingerprint density at radius 2 is 1.89 bits per heavy atom. The van der Waals surface area contributed by atoms with Crippen LogP contribution in [0.15, 0.2) is 36.9 Å². The smallest absolute Gasteiger partial charge is 0.167 e. The van der Waals surface area contributed by atoms with E-state index < -0.39 is 31.1 Å². The Bertz CT molecular complexity index is 935. The van der Waals surface area contributed by atoms with Gasteiger partial charge in [0.1, 0.15) is 30.5 Å². The second-order valence-electron chi connectivity index (χ2n) is 6.26. The van der Waals surface area contributed by atoms with Gasteiger partial charge >= 0.3 is 0 Å². The number of hydrogen-bond donors (Lipinski definition) is 4. The molecular weight excluding hydrogens is 357 g/mol. The molecule has 1 fully saturated rings. The van der Waals surface area contributed by atoms with E-state index in [4.69, 9.17) is 4.74 Å². The van der Waals surface area contributed by atoms with Gasteiger partial charge in [-0.1, -0.05) is 12.1 Å². The Labute approximate surface area is 153 Å². The van der Waals surface area contributed by atoms with E-state index in [0.717, 1.165) is 5.56 Å². The number of aliphatic hydroxyl groups is 3. The molecule has 9 nitrogen and oxygen atoms in total. The second kappa shape index (κ2) is 7.16. The highest BCUT2D eigenvalue weighted by atomic mass is 19.1. The van der Waals surface area contributed by atoms with Gasteiger partial charge in [0.05, 0.1) is 12.9 Å². The predicted octanol–water partition coefficient (Wildman–Crippen LogP) is 0.189. The lowest BCUT2D eigenvalue weighted by Gasteiger charge is -2.16. The van der Waals surface area contributed by atoms with Crippen molar-refractivity contribution in [2.45, 2.75) is 31.1 Å². The minimum absolute atomic E-state index is 0.305. The molecule has 4 N–H and O–H groups in total. The van der Waals surface area contributed by atoms with Crippen LogP contribution in [-0.4, -0.2) is 59.8 Å². The summed E-state index contributed by atoms with van der Waals surface area (Å²) in [5.41, 5.74) is 1.73. The fraction of sp³-hybridized carbons (Fsp3) is 0.353. The fourth-order valence-corrected chi connectivity index (χ4v) is 3.07. The molecule has 27 heavy (non-hydrogen) atoms. The van der Waals surface area contributed by atoms with Crippen molar-refractivity contribution >= 4 is 17.0 Å². The van der Waals surface area contributed by atoms with Crippen LogP contribution >= 0.6 is 0 Å². The summed E-state index contributed by atoms with van der Waals surface area (Å²) in [7, 11) is 0. The van der Waals surface area contributed by atoms with E-state index in [-0.39, 0.29) is 5.82 Å². The number of imidazole rings is 1. The number of halogens is 1. The number of fused-ring (bicyclic) bond motifs is 1. The number of rotatable bonds is 5. The third-order valence-corrected chi connectivity index (χ3v) is 4.52. The van der Waals surface area contributed by atoms with Gasteiger partial charge in [0.25, 0.3) is 0 Å². The summed E-state index contributed by atoms with van der Waals surface area (Å²) in [5, 5.41) is 32.5. The van der Waals surface area contributed by atoms with Crippen LogP contribution in [0.3, 0.4) is 0 Å². The topological polar surface area (TPSA) is 126 Å². The van der Waals surface area contributed by atoms with Gasteiger partial charge < -0.3 is 25.4 Å². The van der Waals surface area contributed by atoms with E-state index in [1.165, 1.54) is 29.4 Å². The average molecular weight is 375 g/mol. The normalized spacial score (nSPS) is 25.2. The lowest BCUT2D eigenvalue weighted by atomic mass is 10.1. The third-order valence-electron chi connectivity index (χ3n) is 4.52. The zero-order valence-electron chi connectivity index (χ0n) is 14.1. The van der Waals surface area contributed by atoms with Crippen molar-refractivity contribution < 1.29 is 24.4 Å². The highest BCUT2D eigenvalue weighted by Crippen LogP contribution is 2.32. The van der Waals surface area contributed by atoms with Crippen LogP contribution in [0.1, 0.15) is 11.8 Å². The van der Waals surface area contributed by atoms with Crippen LogP contribution < -0.4 is 5.32 Å². The van der Waals surface area contributed by atoms with E-state index in [0.29, 0.717) is 23.5 Å². The first-order chi connectivity index (χ1) is 13.1. The van der Waals surface area contributed by atoms with E-state index >= 15 is 0 Å². The Kier molecular flexibility index (Phi) is 4.70. The molecule has 0 saturated carbocycles. The summed E-state index contributed by atoms with van der Waals surface area (Å²) < 4.78 is 20.0. The highest BCUT2D eigenvalue weighted by Gasteiger charge is 2.44. The molecule has 142 valence electrons. The number of aromatic nitrogens is 4. The first-order valence-corrected chi connectivity index (χ1v) is 8.37. The number of anilines is 1. The zero-order chi connectivity index (χ0) is 19.0. The molecule has 3 aromatic rings. The van der Waals surface area contributed by atoms with E-state index in [1.54, 1.807) is 12.1 Å². The maximum absolute atomic E-state index is 13.0. The Morgan fingerprint density at radius 1 is 1.11 bits per heavy atom. The van der Waals surface area contributed by atoms with E-state index in [9.17, 15) is 19.7 Å². The third kappa shape index (κ3) is 3.23. The zero-order valence-corrected chi connectivity index (χ0v) is 14.1. The largest absolute Gasteiger partial charge is 0.394 e. The lowest BCUT2D eigenvalue weighted by molar-refractivity contribution is -0.0511. The van der Waals surface area contributed by atoms with Crippen LogP contribution in [-0.2, 0) is 11.3 Å². The van der Waals surface area contributed by atoms with Crippen LogP contribution in [0, 0.1) is 5.82 Å². The summed E-state index contributed by atoms with van der Waals surface area (Å²) >= 11 is 0. The van der Waals surface area contributed by atoms with Crippen LogP contribution in [0.5, 0.6) is 0 Å². The number of ether oxygens (including phenoxy) is 1. The average Bonchev–Trinajstić information content (AvgIpc) is 3.23. The SMILES string of the molecule is OC[C@H]1OC(n2cnc3c(NCc4ccc(F)cc4)ncnc32)[C@@H](O)[C@@H]1O. The molecule has 4 atom stereocenters. The van der Waals surface area contributed by atoms with Crippen molar-refractivity contribution in [1.82, 2.24) is 19.5 Å². The summed E-state index contributed by atoms with van der Waals surface area (Å²) in [5.74, 6) is 0.162. The van der Waals surface area contributed by atoms with Gasteiger partial charge in [-0.05, 0) is 17.7 Å². The van der Waals surface area contributed by atoms with Gasteiger partial charge in [0.15, 0.2) is 23.2 Å². The van der Waals surface area contributed by atoms with Crippen molar-refractivity contribution in [1.29, 1.82) is 0 Å². The molecule has 1 unspecified atom stereocenters. The number of hydrogen-bond acceptors (Lipinski definition) is 8. The standard InChI is InChI=1S/C17H18FN5O4/c18-10-3-1-9(2-4-10)5-19-15-12-16(21-7-20-15)23(8-22-12)17-14(26)13(25)11(6-24)27-17/h1-4,7-8,11,13-14,17,24-26H,5-6H2,(H,19,20,21)/t11-,13-,14+,17?/m1/s1. The number of nitrogens with zero attached hydrogens (tertiary/aromatic N) is 4. The predicted molar refractivity (Wildman–Crippen MR) is 92.1 cm³/mol. The van der Waals surface area contributed by atoms with Gasteiger partial charge in [-0.15, -0.1) is 0 Å². The monoisotopic (exact) mass is 375 g/mol. The van der Waals surface area contributed by atoms with Crippen molar-refractivity contribution in [3.8, 4) is 0 Å². The van der Waals surface area contributed by atoms with E-state index in [2.05, 4.69) is 20.3 Å². The Hall–Kier alpha value is -2.66. The maximum Gasteiger partial charge on any atom is 0.167 e. The van der Waals surface area contributed by atoms with Gasteiger partial charge in [-0.25, -0.2) is 19.3 Å². The van der Waals surface area contributed by atoms with Crippen LogP contribution in [0.2, 0.25) is 0 Å². The summed E-state index contributed by atoms with van der Waals surface area (Å²) in [6.45, 7) is -0.00603. The van der Waals surface area contributed by atoms with Gasteiger partial charge in [-0.3, -0.25) is 4.57 Å². The van der Waals surface area contributed by atoms with Crippen molar-refractivity contribution in [3.05, 3.63) is 48.3 Å². The molecule has 1 aliphatic rings. The maximum atomic E-state index is 13.0. The molecule has 0 spiro atoms. The Morgan fingerprint density at radius 3 is 2.59 bits per heavy atom. The molecular formula is C17H18FN5O4. The molecule has 3 heterocycles. The van der Waals surface area contributed by atoms with Crippen molar-refractivity contribution in [2.75, 3.05) is 11.9 Å². The summed E-state index contributed by atoms with van der Waals surface area (Å²) in [6, 6.07) is 6.09. The number of aliphatic hydroxyl groups excluding tert-OH is 3. The minimum atomic E-state index is -1.23. The van der Waals surface area contributed by atoms with Crippen molar-refractivity contribution in [3.63, 3.8) is 0 Å². The molecule has 0 amide bonds. The molecule has 10 heteroatoms. The first-order valence-electron chi connectivity index (χ1n) is 8.37. The molecule has 1 saturated heterocycles. The molecule has 1 aliphatic heterocycles. The molecule has 1 aromatic carbocycles. The van der Waals surface area contributed by atoms with E-state index in [1.807, 2.05) is 0 Å². The lowest BCUT2D eigenvalue weighted by Crippen LogP contribution is -2.33. The molecule has 2 aromatic heterocycles. The van der Waals surface area contributed by atoms with Gasteiger partial charge in [0.2, 0.25) is 0 Å². The fourth-order valence-electron chi connectivity index (χ4n) is 3.07. The van der Waals surface area contributed by atoms with Crippen molar-refractivity contribution in [2.24, 2.45) is 0 Å². The molecule has 0 radical (unpaired) electrons. The quantitative estimate of drug-likeness (QED) is 0.498.